The maximum atomic E-state index is 6.04. The third kappa shape index (κ3) is 2.58. The van der Waals surface area contributed by atoms with Crippen LogP contribution in [0.3, 0.4) is 0 Å². The van der Waals surface area contributed by atoms with Crippen molar-refractivity contribution < 1.29 is 4.74 Å². The van der Waals surface area contributed by atoms with E-state index >= 15 is 0 Å². The number of nitrogens with one attached hydrogen (secondary N) is 1. The van der Waals surface area contributed by atoms with Crippen molar-refractivity contribution in [1.29, 1.82) is 0 Å². The molecule has 3 nitrogen and oxygen atoms in total. The summed E-state index contributed by atoms with van der Waals surface area (Å²) < 4.78 is 6.69. The highest BCUT2D eigenvalue weighted by Crippen LogP contribution is 2.42. The van der Waals surface area contributed by atoms with Gasteiger partial charge in [0.1, 0.15) is 15.1 Å². The molecule has 2 atom stereocenters. The molecule has 1 aromatic heterocycles. The molecule has 0 fully saturated rings. The number of thiazole rings is 1. The molecule has 0 amide bonds. The molecule has 1 aromatic carbocycles. The Balaban J connectivity index is 1.95. The lowest BCUT2D eigenvalue weighted by Crippen LogP contribution is -2.26. The third-order valence-corrected chi connectivity index (χ3v) is 4.63. The number of aromatic nitrogens is 1. The lowest BCUT2D eigenvalue weighted by molar-refractivity contribution is 0.153. The minimum Gasteiger partial charge on any atom is -0.483 e. The van der Waals surface area contributed by atoms with Crippen LogP contribution in [-0.4, -0.2) is 12.0 Å². The Kier molecular flexibility index (Phi) is 3.67. The molecule has 0 saturated carbocycles. The van der Waals surface area contributed by atoms with Gasteiger partial charge in [-0.25, -0.2) is 4.98 Å². The van der Waals surface area contributed by atoms with Crippen LogP contribution < -0.4 is 10.1 Å². The molecule has 0 radical (unpaired) electrons. The summed E-state index contributed by atoms with van der Waals surface area (Å²) in [6.07, 6.45) is 2.41. The molecular weight excluding hydrogens is 303 g/mol. The SMILES string of the molecule is CNC1CC(c2ncc(Cl)s2)Oc2ccc(Cl)cc21. The summed E-state index contributed by atoms with van der Waals surface area (Å²) in [6, 6.07) is 5.90. The smallest absolute Gasteiger partial charge is 0.152 e. The fourth-order valence-electron chi connectivity index (χ4n) is 2.28. The molecule has 0 aliphatic carbocycles. The molecule has 19 heavy (non-hydrogen) atoms. The number of ether oxygens (including phenoxy) is 1. The third-order valence-electron chi connectivity index (χ3n) is 3.19. The lowest BCUT2D eigenvalue weighted by atomic mass is 9.97. The van der Waals surface area contributed by atoms with E-state index in [0.29, 0.717) is 4.34 Å². The first-order valence-electron chi connectivity index (χ1n) is 5.92. The number of nitrogens with zero attached hydrogens (tertiary/aromatic N) is 1. The Bertz CT molecular complexity index is 602. The molecule has 1 aliphatic rings. The van der Waals surface area contributed by atoms with Crippen LogP contribution in [0.25, 0.3) is 0 Å². The standard InChI is InChI=1S/C13H12Cl2N2OS/c1-16-9-5-11(13-17-6-12(15)19-13)18-10-3-2-7(14)4-8(9)10/h2-4,6,9,11,16H,5H2,1H3. The average Bonchev–Trinajstić information content (AvgIpc) is 2.84. The van der Waals surface area contributed by atoms with E-state index in [2.05, 4.69) is 10.3 Å². The normalized spacial score (nSPS) is 21.8. The molecule has 3 rings (SSSR count). The summed E-state index contributed by atoms with van der Waals surface area (Å²) in [5.41, 5.74) is 1.09. The van der Waals surface area contributed by atoms with Crippen LogP contribution in [0, 0.1) is 0 Å². The Hall–Kier alpha value is -0.810. The molecule has 6 heteroatoms. The number of fused-ring (bicyclic) bond motifs is 1. The first-order chi connectivity index (χ1) is 9.17. The average molecular weight is 315 g/mol. The van der Waals surface area contributed by atoms with Gasteiger partial charge >= 0.3 is 0 Å². The molecule has 0 spiro atoms. The molecule has 0 bridgehead atoms. The Morgan fingerprint density at radius 1 is 1.42 bits per heavy atom. The second-order valence-electron chi connectivity index (χ2n) is 4.37. The zero-order chi connectivity index (χ0) is 13.4. The highest BCUT2D eigenvalue weighted by atomic mass is 35.5. The topological polar surface area (TPSA) is 34.2 Å². The zero-order valence-corrected chi connectivity index (χ0v) is 12.5. The summed E-state index contributed by atoms with van der Waals surface area (Å²) in [4.78, 5) is 4.31. The molecule has 2 heterocycles. The first kappa shape index (κ1) is 13.2. The molecular formula is C13H12Cl2N2OS. The van der Waals surface area contributed by atoms with E-state index in [1.807, 2.05) is 25.2 Å². The molecule has 2 unspecified atom stereocenters. The second kappa shape index (κ2) is 5.29. The molecule has 100 valence electrons. The fourth-order valence-corrected chi connectivity index (χ4v) is 3.43. The van der Waals surface area contributed by atoms with E-state index in [1.54, 1.807) is 6.20 Å². The highest BCUT2D eigenvalue weighted by Gasteiger charge is 2.30. The maximum absolute atomic E-state index is 6.04. The van der Waals surface area contributed by atoms with E-state index in [9.17, 15) is 0 Å². The first-order valence-corrected chi connectivity index (χ1v) is 7.49. The van der Waals surface area contributed by atoms with E-state index in [4.69, 9.17) is 27.9 Å². The van der Waals surface area contributed by atoms with Crippen LogP contribution in [0.5, 0.6) is 5.75 Å². The molecule has 0 saturated heterocycles. The highest BCUT2D eigenvalue weighted by molar-refractivity contribution is 7.15. The Morgan fingerprint density at radius 2 is 2.26 bits per heavy atom. The van der Waals surface area contributed by atoms with Gasteiger partial charge in [0, 0.05) is 23.0 Å². The second-order valence-corrected chi connectivity index (χ2v) is 6.50. The number of hydrogen-bond acceptors (Lipinski definition) is 4. The van der Waals surface area contributed by atoms with Crippen molar-refractivity contribution in [3.63, 3.8) is 0 Å². The molecule has 2 aromatic rings. The van der Waals surface area contributed by atoms with Crippen molar-refractivity contribution in [2.75, 3.05) is 7.05 Å². The zero-order valence-electron chi connectivity index (χ0n) is 10.2. The van der Waals surface area contributed by atoms with Gasteiger partial charge in [-0.1, -0.05) is 23.2 Å². The molecule has 1 N–H and O–H groups in total. The number of benzene rings is 1. The summed E-state index contributed by atoms with van der Waals surface area (Å²) in [5.74, 6) is 0.853. The van der Waals surface area contributed by atoms with Crippen molar-refractivity contribution in [2.24, 2.45) is 0 Å². The number of hydrogen-bond donors (Lipinski definition) is 1. The summed E-state index contributed by atoms with van der Waals surface area (Å²) in [6.45, 7) is 0. The van der Waals surface area contributed by atoms with Gasteiger partial charge in [0.2, 0.25) is 0 Å². The Morgan fingerprint density at radius 3 is 2.95 bits per heavy atom. The van der Waals surface area contributed by atoms with Crippen LogP contribution in [-0.2, 0) is 0 Å². The van der Waals surface area contributed by atoms with Crippen LogP contribution in [0.15, 0.2) is 24.4 Å². The van der Waals surface area contributed by atoms with Gasteiger partial charge in [-0.15, -0.1) is 11.3 Å². The summed E-state index contributed by atoms with van der Waals surface area (Å²) >= 11 is 13.4. The van der Waals surface area contributed by atoms with Crippen LogP contribution in [0.1, 0.15) is 29.1 Å². The van der Waals surface area contributed by atoms with Crippen molar-refractivity contribution >= 4 is 34.5 Å². The predicted molar refractivity (Wildman–Crippen MR) is 78.4 cm³/mol. The van der Waals surface area contributed by atoms with Gasteiger partial charge in [0.25, 0.3) is 0 Å². The van der Waals surface area contributed by atoms with Gasteiger partial charge in [0.05, 0.1) is 6.20 Å². The van der Waals surface area contributed by atoms with Crippen LogP contribution in [0.2, 0.25) is 9.36 Å². The van der Waals surface area contributed by atoms with Gasteiger partial charge < -0.3 is 10.1 Å². The van der Waals surface area contributed by atoms with Crippen molar-refractivity contribution in [1.82, 2.24) is 10.3 Å². The largest absolute Gasteiger partial charge is 0.483 e. The lowest BCUT2D eigenvalue weighted by Gasteiger charge is -2.31. The van der Waals surface area contributed by atoms with Gasteiger partial charge in [-0.2, -0.15) is 0 Å². The van der Waals surface area contributed by atoms with Crippen LogP contribution >= 0.6 is 34.5 Å². The Labute approximate surface area is 125 Å². The number of rotatable bonds is 2. The van der Waals surface area contributed by atoms with E-state index < -0.39 is 0 Å². The van der Waals surface area contributed by atoms with E-state index in [-0.39, 0.29) is 12.1 Å². The predicted octanol–water partition coefficient (Wildman–Crippen LogP) is 4.23. The van der Waals surface area contributed by atoms with E-state index in [1.165, 1.54) is 11.3 Å². The van der Waals surface area contributed by atoms with Gasteiger partial charge in [0.15, 0.2) is 6.10 Å². The van der Waals surface area contributed by atoms with Crippen LogP contribution in [0.4, 0.5) is 0 Å². The number of halogens is 2. The van der Waals surface area contributed by atoms with Gasteiger partial charge in [-0.3, -0.25) is 0 Å². The summed E-state index contributed by atoms with van der Waals surface area (Å²) in [5, 5.41) is 4.93. The minimum absolute atomic E-state index is 0.0661. The van der Waals surface area contributed by atoms with Crippen molar-refractivity contribution in [3.8, 4) is 5.75 Å². The monoisotopic (exact) mass is 314 g/mol. The molecule has 1 aliphatic heterocycles. The van der Waals surface area contributed by atoms with Crippen molar-refractivity contribution in [2.45, 2.75) is 18.6 Å². The van der Waals surface area contributed by atoms with Crippen molar-refractivity contribution in [3.05, 3.63) is 44.3 Å². The quantitative estimate of drug-likeness (QED) is 0.900. The minimum atomic E-state index is -0.0661. The summed E-state index contributed by atoms with van der Waals surface area (Å²) in [7, 11) is 1.94. The fraction of sp³-hybridized carbons (Fsp3) is 0.308. The maximum Gasteiger partial charge on any atom is 0.152 e. The van der Waals surface area contributed by atoms with Gasteiger partial charge in [-0.05, 0) is 25.2 Å². The van der Waals surface area contributed by atoms with E-state index in [0.717, 1.165) is 27.8 Å².